The van der Waals surface area contributed by atoms with Crippen molar-refractivity contribution in [3.8, 4) is 11.5 Å². The van der Waals surface area contributed by atoms with Gasteiger partial charge >= 0.3 is 12.3 Å². The van der Waals surface area contributed by atoms with Crippen LogP contribution in [0.4, 0.5) is 19.3 Å². The van der Waals surface area contributed by atoms with E-state index in [1.807, 2.05) is 6.92 Å². The maximum Gasteiger partial charge on any atom is 0.586 e. The molecule has 0 bridgehead atoms. The van der Waals surface area contributed by atoms with Gasteiger partial charge in [-0.2, -0.15) is 0 Å². The Morgan fingerprint density at radius 1 is 1.29 bits per heavy atom. The second kappa shape index (κ2) is 6.32. The maximum absolute atomic E-state index is 13.1. The van der Waals surface area contributed by atoms with Crippen molar-refractivity contribution >= 4 is 23.5 Å². The number of alkyl halides is 2. The van der Waals surface area contributed by atoms with Crippen LogP contribution in [0.15, 0.2) is 18.2 Å². The van der Waals surface area contributed by atoms with Crippen LogP contribution in [-0.2, 0) is 9.59 Å². The summed E-state index contributed by atoms with van der Waals surface area (Å²) in [6.07, 6.45) is -0.551. The maximum atomic E-state index is 13.1. The molecule has 1 aliphatic carbocycles. The minimum absolute atomic E-state index is 0.0127. The fourth-order valence-corrected chi connectivity index (χ4v) is 4.01. The molecule has 1 saturated carbocycles. The first-order valence-electron chi connectivity index (χ1n) is 9.04. The van der Waals surface area contributed by atoms with Gasteiger partial charge in [-0.15, -0.1) is 8.78 Å². The molecule has 2 fully saturated rings. The monoisotopic (exact) mass is 395 g/mol. The molecule has 0 aromatic heterocycles. The highest BCUT2D eigenvalue weighted by atomic mass is 19.3. The van der Waals surface area contributed by atoms with Gasteiger partial charge in [-0.3, -0.25) is 14.5 Å². The van der Waals surface area contributed by atoms with Crippen molar-refractivity contribution in [2.24, 2.45) is 5.92 Å². The number of fused-ring (bicyclic) bond motifs is 1. The fourth-order valence-electron chi connectivity index (χ4n) is 4.01. The Bertz CT molecular complexity index is 862. The molecule has 1 spiro atoms. The van der Waals surface area contributed by atoms with Crippen molar-refractivity contribution in [1.29, 1.82) is 0 Å². The minimum atomic E-state index is -3.75. The van der Waals surface area contributed by atoms with Crippen LogP contribution in [-0.4, -0.2) is 41.1 Å². The number of nitrogens with one attached hydrogen (secondary N) is 2. The zero-order chi connectivity index (χ0) is 20.1. The van der Waals surface area contributed by atoms with Crippen LogP contribution in [0.5, 0.6) is 11.5 Å². The Kier molecular flexibility index (Phi) is 4.16. The molecule has 0 radical (unpaired) electrons. The van der Waals surface area contributed by atoms with Gasteiger partial charge in [0.2, 0.25) is 5.91 Å². The number of amides is 4. The molecule has 8 nitrogen and oxygen atoms in total. The van der Waals surface area contributed by atoms with E-state index in [4.69, 9.17) is 0 Å². The Labute approximate surface area is 159 Å². The van der Waals surface area contributed by atoms with Crippen molar-refractivity contribution in [2.45, 2.75) is 44.4 Å². The van der Waals surface area contributed by atoms with Crippen molar-refractivity contribution in [3.05, 3.63) is 18.2 Å². The number of anilines is 1. The van der Waals surface area contributed by atoms with Gasteiger partial charge in [-0.1, -0.05) is 19.8 Å². The summed E-state index contributed by atoms with van der Waals surface area (Å²) < 4.78 is 34.8. The molecule has 2 heterocycles. The number of halogens is 2. The minimum Gasteiger partial charge on any atom is -0.395 e. The summed E-state index contributed by atoms with van der Waals surface area (Å²) in [4.78, 5) is 38.4. The first-order valence-corrected chi connectivity index (χ1v) is 9.04. The molecule has 10 heteroatoms. The number of rotatable bonds is 3. The van der Waals surface area contributed by atoms with Crippen molar-refractivity contribution in [3.63, 3.8) is 0 Å². The van der Waals surface area contributed by atoms with Gasteiger partial charge in [0.1, 0.15) is 12.1 Å². The van der Waals surface area contributed by atoms with Gasteiger partial charge in [-0.25, -0.2) is 4.79 Å². The van der Waals surface area contributed by atoms with Crippen molar-refractivity contribution in [1.82, 2.24) is 10.2 Å². The highest BCUT2D eigenvalue weighted by molar-refractivity contribution is 6.10. The molecule has 1 saturated heterocycles. The average Bonchev–Trinajstić information content (AvgIpc) is 3.05. The smallest absolute Gasteiger partial charge is 0.395 e. The number of hydrogen-bond acceptors (Lipinski definition) is 5. The first-order chi connectivity index (χ1) is 13.2. The molecule has 2 unspecified atom stereocenters. The van der Waals surface area contributed by atoms with Crippen LogP contribution in [0.3, 0.4) is 0 Å². The van der Waals surface area contributed by atoms with Crippen LogP contribution in [0.1, 0.15) is 32.6 Å². The highest BCUT2D eigenvalue weighted by Gasteiger charge is 2.55. The van der Waals surface area contributed by atoms with Crippen LogP contribution >= 0.6 is 0 Å². The van der Waals surface area contributed by atoms with E-state index in [-0.39, 0.29) is 23.1 Å². The SMILES string of the molecule is CC1CCCCC12NC(=O)N(CC(=O)Nc1ccc3c(c1)OC(F)(F)O3)C2=O. The second-order valence-electron chi connectivity index (χ2n) is 7.32. The standard InChI is InChI=1S/C18H19F2N3O5/c1-10-4-2-3-7-17(10)15(25)23(16(26)22-17)9-14(24)21-11-5-6-12-13(8-11)28-18(19,20)27-12/h5-6,8,10H,2-4,7,9H2,1H3,(H,21,24)(H,22,26). The lowest BCUT2D eigenvalue weighted by Gasteiger charge is -2.36. The quantitative estimate of drug-likeness (QED) is 0.767. The summed E-state index contributed by atoms with van der Waals surface area (Å²) in [6.45, 7) is 1.45. The number of carbonyl (C=O) groups is 3. The Morgan fingerprint density at radius 2 is 2.04 bits per heavy atom. The number of nitrogens with zero attached hydrogens (tertiary/aromatic N) is 1. The third kappa shape index (κ3) is 3.02. The fraction of sp³-hybridized carbons (Fsp3) is 0.500. The molecule has 2 aliphatic heterocycles. The van der Waals surface area contributed by atoms with E-state index < -0.39 is 36.2 Å². The zero-order valence-electron chi connectivity index (χ0n) is 15.1. The normalized spacial score (nSPS) is 27.8. The molecule has 1 aromatic rings. The van der Waals surface area contributed by atoms with E-state index >= 15 is 0 Å². The molecule has 4 rings (SSSR count). The lowest BCUT2D eigenvalue weighted by atomic mass is 9.73. The predicted molar refractivity (Wildman–Crippen MR) is 91.9 cm³/mol. The molecule has 150 valence electrons. The number of urea groups is 1. The van der Waals surface area contributed by atoms with Crippen molar-refractivity contribution in [2.75, 3.05) is 11.9 Å². The second-order valence-corrected chi connectivity index (χ2v) is 7.32. The highest BCUT2D eigenvalue weighted by Crippen LogP contribution is 2.42. The van der Waals surface area contributed by atoms with E-state index in [0.29, 0.717) is 6.42 Å². The molecule has 28 heavy (non-hydrogen) atoms. The predicted octanol–water partition coefficient (Wildman–Crippen LogP) is 2.45. The number of carbonyl (C=O) groups excluding carboxylic acids is 3. The van der Waals surface area contributed by atoms with Crippen LogP contribution in [0.25, 0.3) is 0 Å². The molecule has 2 atom stereocenters. The van der Waals surface area contributed by atoms with Crippen LogP contribution in [0.2, 0.25) is 0 Å². The third-order valence-electron chi connectivity index (χ3n) is 5.49. The Hall–Kier alpha value is -2.91. The van der Waals surface area contributed by atoms with Gasteiger partial charge < -0.3 is 20.1 Å². The number of imide groups is 1. The van der Waals surface area contributed by atoms with E-state index in [0.717, 1.165) is 24.2 Å². The molecule has 2 N–H and O–H groups in total. The van der Waals surface area contributed by atoms with Gasteiger partial charge in [0, 0.05) is 11.8 Å². The zero-order valence-corrected chi connectivity index (χ0v) is 15.1. The molecule has 3 aliphatic rings. The Morgan fingerprint density at radius 3 is 2.79 bits per heavy atom. The summed E-state index contributed by atoms with van der Waals surface area (Å²) in [5.41, 5.74) is -0.766. The van der Waals surface area contributed by atoms with E-state index in [1.165, 1.54) is 18.2 Å². The van der Waals surface area contributed by atoms with Gasteiger partial charge in [0.05, 0.1) is 0 Å². The first kappa shape index (κ1) is 18.5. The molecule has 4 amide bonds. The third-order valence-corrected chi connectivity index (χ3v) is 5.49. The van der Waals surface area contributed by atoms with Crippen LogP contribution < -0.4 is 20.1 Å². The summed E-state index contributed by atoms with van der Waals surface area (Å²) in [5.74, 6) is -1.40. The van der Waals surface area contributed by atoms with E-state index in [2.05, 4.69) is 20.1 Å². The number of benzene rings is 1. The van der Waals surface area contributed by atoms with Crippen LogP contribution in [0, 0.1) is 5.92 Å². The summed E-state index contributed by atoms with van der Waals surface area (Å²) >= 11 is 0. The van der Waals surface area contributed by atoms with Gasteiger partial charge in [0.15, 0.2) is 11.5 Å². The molecular formula is C18H19F2N3O5. The lowest BCUT2D eigenvalue weighted by molar-refractivity contribution is -0.286. The largest absolute Gasteiger partial charge is 0.586 e. The summed E-state index contributed by atoms with van der Waals surface area (Å²) in [6, 6.07) is 3.18. The molecule has 1 aromatic carbocycles. The van der Waals surface area contributed by atoms with Gasteiger partial charge in [0.25, 0.3) is 5.91 Å². The number of hydrogen-bond donors (Lipinski definition) is 2. The topological polar surface area (TPSA) is 97.0 Å². The number of ether oxygens (including phenoxy) is 2. The van der Waals surface area contributed by atoms with E-state index in [9.17, 15) is 23.2 Å². The molecular weight excluding hydrogens is 376 g/mol. The van der Waals surface area contributed by atoms with Crippen molar-refractivity contribution < 1.29 is 32.6 Å². The van der Waals surface area contributed by atoms with Gasteiger partial charge in [-0.05, 0) is 30.9 Å². The Balaban J connectivity index is 1.43. The van der Waals surface area contributed by atoms with E-state index in [1.54, 1.807) is 0 Å². The summed E-state index contributed by atoms with van der Waals surface area (Å²) in [5, 5.41) is 5.24. The lowest BCUT2D eigenvalue weighted by Crippen LogP contribution is -2.54. The summed E-state index contributed by atoms with van der Waals surface area (Å²) in [7, 11) is 0. The average molecular weight is 395 g/mol.